The van der Waals surface area contributed by atoms with Crippen molar-refractivity contribution < 1.29 is 4.79 Å². The van der Waals surface area contributed by atoms with Gasteiger partial charge in [-0.3, -0.25) is 14.8 Å². The summed E-state index contributed by atoms with van der Waals surface area (Å²) in [5, 5.41) is 6.02. The Labute approximate surface area is 151 Å². The Bertz CT molecular complexity index is 720. The zero-order chi connectivity index (χ0) is 17.2. The lowest BCUT2D eigenvalue weighted by Crippen LogP contribution is -2.54. The van der Waals surface area contributed by atoms with E-state index in [-0.39, 0.29) is 5.91 Å². The van der Waals surface area contributed by atoms with Crippen LogP contribution in [0.25, 0.3) is 10.7 Å². The van der Waals surface area contributed by atoms with E-state index in [1.54, 1.807) is 18.6 Å². The largest absolute Gasteiger partial charge is 0.352 e. The van der Waals surface area contributed by atoms with Crippen LogP contribution in [0.5, 0.6) is 0 Å². The average molecular weight is 357 g/mol. The molecule has 2 unspecified atom stereocenters. The maximum atomic E-state index is 12.5. The number of fused-ring (bicyclic) bond motifs is 2. The minimum Gasteiger partial charge on any atom is -0.352 e. The van der Waals surface area contributed by atoms with Crippen LogP contribution in [-0.4, -0.2) is 32.9 Å². The molecule has 4 rings (SSSR count). The molecule has 6 nitrogen and oxygen atoms in total. The van der Waals surface area contributed by atoms with Crippen LogP contribution in [0.3, 0.4) is 0 Å². The quantitative estimate of drug-likeness (QED) is 0.874. The second-order valence-corrected chi connectivity index (χ2v) is 8.05. The summed E-state index contributed by atoms with van der Waals surface area (Å²) in [6.07, 6.45) is 11.0. The summed E-state index contributed by atoms with van der Waals surface area (Å²) in [5.74, 6) is 1.14. The fourth-order valence-electron chi connectivity index (χ4n) is 4.34. The summed E-state index contributed by atoms with van der Waals surface area (Å²) in [4.78, 5) is 25.4. The van der Waals surface area contributed by atoms with Gasteiger partial charge in [0, 0.05) is 29.9 Å². The van der Waals surface area contributed by atoms with Gasteiger partial charge >= 0.3 is 0 Å². The summed E-state index contributed by atoms with van der Waals surface area (Å²) in [7, 11) is 0. The lowest BCUT2D eigenvalue weighted by molar-refractivity contribution is -0.122. The minimum absolute atomic E-state index is 0.0633. The number of nitrogens with one attached hydrogen (secondary N) is 1. The van der Waals surface area contributed by atoms with Gasteiger partial charge in [0.25, 0.3) is 0 Å². The van der Waals surface area contributed by atoms with E-state index in [0.717, 1.165) is 29.2 Å². The molecule has 25 heavy (non-hydrogen) atoms. The Hall–Kier alpha value is -1.86. The van der Waals surface area contributed by atoms with Gasteiger partial charge in [0.1, 0.15) is 10.7 Å². The van der Waals surface area contributed by atoms with Crippen LogP contribution in [0.2, 0.25) is 0 Å². The van der Waals surface area contributed by atoms with Crippen LogP contribution < -0.4 is 11.1 Å². The summed E-state index contributed by atoms with van der Waals surface area (Å²) in [5.41, 5.74) is 7.71. The van der Waals surface area contributed by atoms with E-state index in [9.17, 15) is 4.79 Å². The summed E-state index contributed by atoms with van der Waals surface area (Å²) >= 11 is 1.50. The Balaban J connectivity index is 1.39. The number of hydrogen-bond donors (Lipinski definition) is 2. The predicted molar refractivity (Wildman–Crippen MR) is 96.8 cm³/mol. The molecule has 2 fully saturated rings. The number of rotatable bonds is 4. The maximum Gasteiger partial charge on any atom is 0.226 e. The highest BCUT2D eigenvalue weighted by atomic mass is 32.1. The molecule has 2 aliphatic carbocycles. The van der Waals surface area contributed by atoms with Crippen molar-refractivity contribution in [2.75, 3.05) is 0 Å². The normalized spacial score (nSPS) is 28.5. The molecule has 2 bridgehead atoms. The summed E-state index contributed by atoms with van der Waals surface area (Å²) in [6.45, 7) is 0. The van der Waals surface area contributed by atoms with E-state index in [4.69, 9.17) is 5.73 Å². The number of thiazole rings is 1. The van der Waals surface area contributed by atoms with Gasteiger partial charge in [0.05, 0.1) is 18.3 Å². The molecule has 0 spiro atoms. The highest BCUT2D eigenvalue weighted by molar-refractivity contribution is 7.13. The first kappa shape index (κ1) is 16.6. The third-order valence-electron chi connectivity index (χ3n) is 5.38. The van der Waals surface area contributed by atoms with Crippen LogP contribution in [0.15, 0.2) is 24.0 Å². The summed E-state index contributed by atoms with van der Waals surface area (Å²) < 4.78 is 0. The third kappa shape index (κ3) is 3.72. The molecule has 2 aliphatic rings. The van der Waals surface area contributed by atoms with Crippen molar-refractivity contribution >= 4 is 17.2 Å². The molecule has 1 amide bonds. The molecular formula is C18H23N5OS. The van der Waals surface area contributed by atoms with Crippen molar-refractivity contribution in [3.05, 3.63) is 29.7 Å². The second-order valence-electron chi connectivity index (χ2n) is 7.19. The van der Waals surface area contributed by atoms with Gasteiger partial charge in [-0.25, -0.2) is 4.98 Å². The fraction of sp³-hybridized carbons (Fsp3) is 0.556. The molecule has 132 valence electrons. The van der Waals surface area contributed by atoms with Gasteiger partial charge in [-0.2, -0.15) is 0 Å². The Morgan fingerprint density at radius 2 is 2.08 bits per heavy atom. The first-order valence-corrected chi connectivity index (χ1v) is 9.82. The van der Waals surface area contributed by atoms with Crippen molar-refractivity contribution in [2.24, 2.45) is 17.6 Å². The highest BCUT2D eigenvalue weighted by Crippen LogP contribution is 2.39. The lowest BCUT2D eigenvalue weighted by atomic mass is 9.67. The molecule has 2 saturated carbocycles. The Kier molecular flexibility index (Phi) is 4.76. The first-order valence-electron chi connectivity index (χ1n) is 8.95. The van der Waals surface area contributed by atoms with Gasteiger partial charge in [-0.1, -0.05) is 6.42 Å². The SMILES string of the molecule is NC1CC2CCCC(C1)C2NC(=O)Cc1csc(-c2cnccn2)n1. The van der Waals surface area contributed by atoms with E-state index in [1.165, 1.54) is 30.6 Å². The van der Waals surface area contributed by atoms with Gasteiger partial charge in [-0.15, -0.1) is 11.3 Å². The number of nitrogens with two attached hydrogens (primary N) is 1. The molecule has 0 radical (unpaired) electrons. The molecule has 2 heterocycles. The third-order valence-corrected chi connectivity index (χ3v) is 6.29. The maximum absolute atomic E-state index is 12.5. The zero-order valence-corrected chi connectivity index (χ0v) is 14.9. The lowest BCUT2D eigenvalue weighted by Gasteiger charge is -2.45. The van der Waals surface area contributed by atoms with Crippen LogP contribution in [0, 0.1) is 11.8 Å². The molecule has 7 heteroatoms. The van der Waals surface area contributed by atoms with E-state index in [2.05, 4.69) is 20.3 Å². The predicted octanol–water partition coefficient (Wildman–Crippen LogP) is 2.16. The fourth-order valence-corrected chi connectivity index (χ4v) is 5.12. The molecule has 2 aromatic rings. The second kappa shape index (κ2) is 7.17. The molecule has 0 saturated heterocycles. The van der Waals surface area contributed by atoms with Gasteiger partial charge in [0.15, 0.2) is 0 Å². The van der Waals surface area contributed by atoms with Crippen LogP contribution in [-0.2, 0) is 11.2 Å². The topological polar surface area (TPSA) is 93.8 Å². The van der Waals surface area contributed by atoms with E-state index >= 15 is 0 Å². The number of carbonyl (C=O) groups excluding carboxylic acids is 1. The molecule has 0 aromatic carbocycles. The van der Waals surface area contributed by atoms with Crippen molar-refractivity contribution in [1.29, 1.82) is 0 Å². The summed E-state index contributed by atoms with van der Waals surface area (Å²) in [6, 6.07) is 0.593. The van der Waals surface area contributed by atoms with Crippen molar-refractivity contribution in [2.45, 2.75) is 50.6 Å². The van der Waals surface area contributed by atoms with E-state index < -0.39 is 0 Å². The molecule has 0 aliphatic heterocycles. The number of amides is 1. The van der Waals surface area contributed by atoms with Crippen LogP contribution in [0.1, 0.15) is 37.8 Å². The van der Waals surface area contributed by atoms with Gasteiger partial charge < -0.3 is 11.1 Å². The van der Waals surface area contributed by atoms with Crippen LogP contribution >= 0.6 is 11.3 Å². The van der Waals surface area contributed by atoms with Gasteiger partial charge in [-0.05, 0) is 37.5 Å². The molecule has 3 N–H and O–H groups in total. The molecular weight excluding hydrogens is 334 g/mol. The monoisotopic (exact) mass is 357 g/mol. The molecule has 2 atom stereocenters. The zero-order valence-electron chi connectivity index (χ0n) is 14.1. The standard InChI is InChI=1S/C18H23N5OS/c19-13-6-11-2-1-3-12(7-13)17(11)23-16(24)8-14-10-25-18(22-14)15-9-20-4-5-21-15/h4-5,9-13,17H,1-3,6-8,19H2,(H,23,24). The minimum atomic E-state index is 0.0633. The Morgan fingerprint density at radius 1 is 1.28 bits per heavy atom. The smallest absolute Gasteiger partial charge is 0.226 e. The molecule has 2 aromatic heterocycles. The number of nitrogens with zero attached hydrogens (tertiary/aromatic N) is 3. The van der Waals surface area contributed by atoms with Crippen molar-refractivity contribution in [3.8, 4) is 10.7 Å². The van der Waals surface area contributed by atoms with E-state index in [1.807, 2.05) is 5.38 Å². The van der Waals surface area contributed by atoms with Crippen molar-refractivity contribution in [3.63, 3.8) is 0 Å². The van der Waals surface area contributed by atoms with Crippen LogP contribution in [0.4, 0.5) is 0 Å². The number of hydrogen-bond acceptors (Lipinski definition) is 6. The van der Waals surface area contributed by atoms with E-state index in [0.29, 0.717) is 30.3 Å². The van der Waals surface area contributed by atoms with Crippen molar-refractivity contribution in [1.82, 2.24) is 20.3 Å². The Morgan fingerprint density at radius 3 is 2.80 bits per heavy atom. The first-order chi connectivity index (χ1) is 12.2. The highest BCUT2D eigenvalue weighted by Gasteiger charge is 2.39. The van der Waals surface area contributed by atoms with Gasteiger partial charge in [0.2, 0.25) is 5.91 Å². The average Bonchev–Trinajstić information content (AvgIpc) is 3.05. The number of carbonyl (C=O) groups is 1. The number of aromatic nitrogens is 3.